The summed E-state index contributed by atoms with van der Waals surface area (Å²) in [5.41, 5.74) is 3.98. The maximum absolute atomic E-state index is 9.60. The van der Waals surface area contributed by atoms with E-state index in [1.165, 1.54) is 11.1 Å². The Morgan fingerprint density at radius 3 is 2.95 bits per heavy atom. The summed E-state index contributed by atoms with van der Waals surface area (Å²) in [6.07, 6.45) is 2.29. The molecule has 0 saturated heterocycles. The van der Waals surface area contributed by atoms with E-state index in [2.05, 4.69) is 29.6 Å². The lowest BCUT2D eigenvalue weighted by Gasteiger charge is -2.14. The summed E-state index contributed by atoms with van der Waals surface area (Å²) in [4.78, 5) is 0. The average Bonchev–Trinajstić information content (AvgIpc) is 2.90. The van der Waals surface area contributed by atoms with Crippen molar-refractivity contribution >= 4 is 0 Å². The number of aromatic hydroxyl groups is 1. The zero-order valence-electron chi connectivity index (χ0n) is 11.6. The summed E-state index contributed by atoms with van der Waals surface area (Å²) in [6, 6.07) is 14.5. The normalized spacial score (nSPS) is 16.9. The predicted octanol–water partition coefficient (Wildman–Crippen LogP) is 3.18. The summed E-state index contributed by atoms with van der Waals surface area (Å²) in [5, 5.41) is 13.2. The van der Waals surface area contributed by atoms with Gasteiger partial charge in [0.05, 0.1) is 7.11 Å². The van der Waals surface area contributed by atoms with Gasteiger partial charge in [-0.3, -0.25) is 0 Å². The van der Waals surface area contributed by atoms with Crippen molar-refractivity contribution in [3.05, 3.63) is 59.2 Å². The van der Waals surface area contributed by atoms with E-state index in [1.807, 2.05) is 12.1 Å². The number of ether oxygens (including phenoxy) is 1. The van der Waals surface area contributed by atoms with Crippen LogP contribution in [0.4, 0.5) is 0 Å². The van der Waals surface area contributed by atoms with Crippen molar-refractivity contribution in [2.45, 2.75) is 25.4 Å². The van der Waals surface area contributed by atoms with Gasteiger partial charge in [-0.2, -0.15) is 0 Å². The fraction of sp³-hybridized carbons (Fsp3) is 0.294. The number of methoxy groups -OCH3 is 1. The fourth-order valence-corrected chi connectivity index (χ4v) is 2.84. The SMILES string of the molecule is COc1cc(CNC2CCc3ccccc32)ccc1O. The second-order valence-corrected chi connectivity index (χ2v) is 5.18. The van der Waals surface area contributed by atoms with Crippen LogP contribution in [0.2, 0.25) is 0 Å². The van der Waals surface area contributed by atoms with E-state index in [4.69, 9.17) is 4.74 Å². The quantitative estimate of drug-likeness (QED) is 0.895. The van der Waals surface area contributed by atoms with E-state index >= 15 is 0 Å². The van der Waals surface area contributed by atoms with Crippen molar-refractivity contribution < 1.29 is 9.84 Å². The molecule has 0 saturated carbocycles. The molecule has 2 aromatic carbocycles. The maximum Gasteiger partial charge on any atom is 0.160 e. The number of hydrogen-bond acceptors (Lipinski definition) is 3. The van der Waals surface area contributed by atoms with E-state index < -0.39 is 0 Å². The maximum atomic E-state index is 9.60. The Balaban J connectivity index is 1.69. The molecule has 2 aromatic rings. The Kier molecular flexibility index (Phi) is 3.61. The molecule has 1 atom stereocenters. The van der Waals surface area contributed by atoms with Crippen LogP contribution in [0.3, 0.4) is 0 Å². The van der Waals surface area contributed by atoms with Gasteiger partial charge in [0.2, 0.25) is 0 Å². The van der Waals surface area contributed by atoms with Crippen LogP contribution >= 0.6 is 0 Å². The molecule has 1 aliphatic rings. The summed E-state index contributed by atoms with van der Waals surface area (Å²) >= 11 is 0. The van der Waals surface area contributed by atoms with Gasteiger partial charge >= 0.3 is 0 Å². The fourth-order valence-electron chi connectivity index (χ4n) is 2.84. The number of aryl methyl sites for hydroxylation is 1. The van der Waals surface area contributed by atoms with Gasteiger partial charge in [-0.1, -0.05) is 30.3 Å². The zero-order valence-corrected chi connectivity index (χ0v) is 11.6. The molecule has 1 aliphatic carbocycles. The second kappa shape index (κ2) is 5.55. The third kappa shape index (κ3) is 2.49. The monoisotopic (exact) mass is 269 g/mol. The average molecular weight is 269 g/mol. The van der Waals surface area contributed by atoms with E-state index in [0.717, 1.165) is 24.9 Å². The highest BCUT2D eigenvalue weighted by Crippen LogP contribution is 2.31. The Morgan fingerprint density at radius 2 is 2.10 bits per heavy atom. The minimum absolute atomic E-state index is 0.183. The predicted molar refractivity (Wildman–Crippen MR) is 79.0 cm³/mol. The van der Waals surface area contributed by atoms with Crippen LogP contribution in [0.1, 0.15) is 29.2 Å². The smallest absolute Gasteiger partial charge is 0.160 e. The number of nitrogens with one attached hydrogen (secondary N) is 1. The third-order valence-electron chi connectivity index (χ3n) is 3.93. The molecule has 3 rings (SSSR count). The van der Waals surface area contributed by atoms with E-state index in [9.17, 15) is 5.11 Å². The van der Waals surface area contributed by atoms with Crippen molar-refractivity contribution in [1.82, 2.24) is 5.32 Å². The number of phenols is 1. The lowest BCUT2D eigenvalue weighted by atomic mass is 10.1. The van der Waals surface area contributed by atoms with Crippen molar-refractivity contribution in [3.8, 4) is 11.5 Å². The van der Waals surface area contributed by atoms with Crippen LogP contribution in [-0.2, 0) is 13.0 Å². The van der Waals surface area contributed by atoms with Crippen LogP contribution in [-0.4, -0.2) is 12.2 Å². The molecule has 0 radical (unpaired) electrons. The number of rotatable bonds is 4. The molecule has 104 valence electrons. The van der Waals surface area contributed by atoms with Crippen molar-refractivity contribution in [1.29, 1.82) is 0 Å². The standard InChI is InChI=1S/C17H19NO2/c1-20-17-10-12(6-9-16(17)19)11-18-15-8-7-13-4-2-3-5-14(13)15/h2-6,9-10,15,18-19H,7-8,11H2,1H3. The lowest BCUT2D eigenvalue weighted by Crippen LogP contribution is -2.18. The van der Waals surface area contributed by atoms with Crippen molar-refractivity contribution in [2.24, 2.45) is 0 Å². The Labute approximate surface area is 119 Å². The molecular formula is C17H19NO2. The van der Waals surface area contributed by atoms with E-state index in [-0.39, 0.29) is 5.75 Å². The van der Waals surface area contributed by atoms with E-state index in [0.29, 0.717) is 11.8 Å². The first-order valence-corrected chi connectivity index (χ1v) is 6.95. The first-order valence-electron chi connectivity index (χ1n) is 6.95. The Morgan fingerprint density at radius 1 is 1.25 bits per heavy atom. The molecule has 1 unspecified atom stereocenters. The number of benzene rings is 2. The molecule has 0 heterocycles. The molecule has 0 amide bonds. The topological polar surface area (TPSA) is 41.5 Å². The van der Waals surface area contributed by atoms with Gasteiger partial charge < -0.3 is 15.2 Å². The van der Waals surface area contributed by atoms with Crippen LogP contribution in [0.5, 0.6) is 11.5 Å². The summed E-state index contributed by atoms with van der Waals surface area (Å²) in [6.45, 7) is 0.773. The molecule has 3 nitrogen and oxygen atoms in total. The Hall–Kier alpha value is -2.00. The first-order chi connectivity index (χ1) is 9.78. The highest BCUT2D eigenvalue weighted by atomic mass is 16.5. The van der Waals surface area contributed by atoms with Crippen LogP contribution < -0.4 is 10.1 Å². The zero-order chi connectivity index (χ0) is 13.9. The molecule has 0 bridgehead atoms. The van der Waals surface area contributed by atoms with E-state index in [1.54, 1.807) is 13.2 Å². The van der Waals surface area contributed by atoms with Gasteiger partial charge in [0, 0.05) is 12.6 Å². The third-order valence-corrected chi connectivity index (χ3v) is 3.93. The highest BCUT2D eigenvalue weighted by Gasteiger charge is 2.21. The first kappa shape index (κ1) is 13.0. The summed E-state index contributed by atoms with van der Waals surface area (Å²) in [7, 11) is 1.57. The molecular weight excluding hydrogens is 250 g/mol. The van der Waals surface area contributed by atoms with Crippen LogP contribution in [0.25, 0.3) is 0 Å². The van der Waals surface area contributed by atoms with Crippen molar-refractivity contribution in [3.63, 3.8) is 0 Å². The molecule has 0 fully saturated rings. The molecule has 20 heavy (non-hydrogen) atoms. The van der Waals surface area contributed by atoms with Gasteiger partial charge in [-0.05, 0) is 41.7 Å². The lowest BCUT2D eigenvalue weighted by molar-refractivity contribution is 0.372. The number of phenolic OH excluding ortho intramolecular Hbond substituents is 1. The van der Waals surface area contributed by atoms with Crippen LogP contribution in [0, 0.1) is 0 Å². The van der Waals surface area contributed by atoms with Gasteiger partial charge in [-0.25, -0.2) is 0 Å². The summed E-state index contributed by atoms with van der Waals surface area (Å²) < 4.78 is 5.14. The summed E-state index contributed by atoms with van der Waals surface area (Å²) in [5.74, 6) is 0.707. The minimum Gasteiger partial charge on any atom is -0.504 e. The molecule has 0 aromatic heterocycles. The van der Waals surface area contributed by atoms with Gasteiger partial charge in [0.1, 0.15) is 0 Å². The largest absolute Gasteiger partial charge is 0.504 e. The molecule has 0 aliphatic heterocycles. The van der Waals surface area contributed by atoms with Crippen LogP contribution in [0.15, 0.2) is 42.5 Å². The Bertz CT molecular complexity index is 610. The molecule has 2 N–H and O–H groups in total. The van der Waals surface area contributed by atoms with Crippen molar-refractivity contribution in [2.75, 3.05) is 7.11 Å². The van der Waals surface area contributed by atoms with Gasteiger partial charge in [0.15, 0.2) is 11.5 Å². The minimum atomic E-state index is 0.183. The number of hydrogen-bond donors (Lipinski definition) is 2. The van der Waals surface area contributed by atoms with Gasteiger partial charge in [-0.15, -0.1) is 0 Å². The molecule has 3 heteroatoms. The van der Waals surface area contributed by atoms with Gasteiger partial charge in [0.25, 0.3) is 0 Å². The molecule has 0 spiro atoms. The number of fused-ring (bicyclic) bond motifs is 1. The highest BCUT2D eigenvalue weighted by molar-refractivity contribution is 5.42. The second-order valence-electron chi connectivity index (χ2n) is 5.18.